The molecule has 0 bridgehead atoms. The van der Waals surface area contributed by atoms with Gasteiger partial charge < -0.3 is 25.6 Å². The van der Waals surface area contributed by atoms with Crippen molar-refractivity contribution in [2.75, 3.05) is 25.5 Å². The highest BCUT2D eigenvalue weighted by atomic mass is 32.1. The second kappa shape index (κ2) is 10.1. The Morgan fingerprint density at radius 3 is 2.75 bits per heavy atom. The largest absolute Gasteiger partial charge is 0.463 e. The third-order valence-electron chi connectivity index (χ3n) is 4.54. The van der Waals surface area contributed by atoms with Gasteiger partial charge in [0.1, 0.15) is 0 Å². The molecule has 8 heteroatoms. The molecule has 1 aliphatic heterocycles. The number of nitrogens with zero attached hydrogens (tertiary/aromatic N) is 1. The van der Waals surface area contributed by atoms with Crippen LogP contribution in [-0.2, 0) is 9.53 Å². The average Bonchev–Trinajstić information content (AvgIpc) is 2.66. The van der Waals surface area contributed by atoms with E-state index in [1.807, 2.05) is 25.1 Å². The normalized spacial score (nSPS) is 16.5. The van der Waals surface area contributed by atoms with Crippen molar-refractivity contribution in [3.63, 3.8) is 0 Å². The lowest BCUT2D eigenvalue weighted by molar-refractivity contribution is -0.139. The first kappa shape index (κ1) is 21.7. The zero-order valence-electron chi connectivity index (χ0n) is 16.8. The van der Waals surface area contributed by atoms with Crippen molar-refractivity contribution in [1.29, 1.82) is 0 Å². The third kappa shape index (κ3) is 5.22. The fraction of sp³-hybridized carbons (Fsp3) is 0.450. The molecule has 0 aliphatic carbocycles. The Hall–Kier alpha value is -2.61. The highest BCUT2D eigenvalue weighted by molar-refractivity contribution is 7.80. The van der Waals surface area contributed by atoms with E-state index in [-0.39, 0.29) is 18.6 Å². The highest BCUT2D eigenvalue weighted by Gasteiger charge is 2.33. The number of benzene rings is 1. The Bertz CT molecular complexity index is 778. The first-order valence-corrected chi connectivity index (χ1v) is 9.86. The lowest BCUT2D eigenvalue weighted by atomic mass is 9.95. The second-order valence-corrected chi connectivity index (χ2v) is 6.91. The van der Waals surface area contributed by atoms with Crippen LogP contribution in [0.15, 0.2) is 35.5 Å². The minimum absolute atomic E-state index is 0.255. The second-order valence-electron chi connectivity index (χ2n) is 6.52. The lowest BCUT2D eigenvalue weighted by Crippen LogP contribution is -2.46. The molecular weight excluding hydrogens is 376 g/mol. The summed E-state index contributed by atoms with van der Waals surface area (Å²) in [6, 6.07) is 6.65. The first-order chi connectivity index (χ1) is 13.4. The Balaban J connectivity index is 2.28. The monoisotopic (exact) mass is 404 g/mol. The van der Waals surface area contributed by atoms with Crippen LogP contribution < -0.4 is 16.0 Å². The summed E-state index contributed by atoms with van der Waals surface area (Å²) in [5.41, 5.74) is 2.69. The van der Waals surface area contributed by atoms with Crippen LogP contribution in [0.25, 0.3) is 0 Å². The molecule has 3 N–H and O–H groups in total. The van der Waals surface area contributed by atoms with E-state index in [1.165, 1.54) is 0 Å². The van der Waals surface area contributed by atoms with Gasteiger partial charge in [-0.3, -0.25) is 0 Å². The lowest BCUT2D eigenvalue weighted by Gasteiger charge is -2.35. The van der Waals surface area contributed by atoms with E-state index in [2.05, 4.69) is 22.9 Å². The number of esters is 1. The highest BCUT2D eigenvalue weighted by Crippen LogP contribution is 2.31. The molecule has 1 heterocycles. The summed E-state index contributed by atoms with van der Waals surface area (Å²) in [5.74, 6) is -0.387. The molecule has 7 nitrogen and oxygen atoms in total. The van der Waals surface area contributed by atoms with Gasteiger partial charge in [0.15, 0.2) is 5.11 Å². The summed E-state index contributed by atoms with van der Waals surface area (Å²) < 4.78 is 5.25. The maximum absolute atomic E-state index is 12.6. The Morgan fingerprint density at radius 2 is 2.07 bits per heavy atom. The van der Waals surface area contributed by atoms with Gasteiger partial charge in [-0.1, -0.05) is 25.5 Å². The number of carbonyl (C=O) groups excluding carboxylic acids is 2. The Kier molecular flexibility index (Phi) is 7.80. The topological polar surface area (TPSA) is 82.7 Å². The SMILES string of the molecule is CCCCNC(=O)Nc1cccc([C@H]2NC(=S)N(C)C(C)=C2C(=O)OCC)c1. The Morgan fingerprint density at radius 1 is 1.32 bits per heavy atom. The van der Waals surface area contributed by atoms with Gasteiger partial charge in [0.2, 0.25) is 0 Å². The molecule has 0 aromatic heterocycles. The number of carbonyl (C=O) groups is 2. The smallest absolute Gasteiger partial charge is 0.338 e. The van der Waals surface area contributed by atoms with Gasteiger partial charge in [-0.25, -0.2) is 9.59 Å². The summed E-state index contributed by atoms with van der Waals surface area (Å²) >= 11 is 5.40. The number of anilines is 1. The molecule has 0 radical (unpaired) electrons. The minimum Gasteiger partial charge on any atom is -0.463 e. The number of rotatable bonds is 7. The number of amides is 2. The van der Waals surface area contributed by atoms with Gasteiger partial charge in [-0.15, -0.1) is 0 Å². The predicted octanol–water partition coefficient (Wildman–Crippen LogP) is 3.31. The van der Waals surface area contributed by atoms with E-state index in [1.54, 1.807) is 24.9 Å². The van der Waals surface area contributed by atoms with Crippen molar-refractivity contribution in [1.82, 2.24) is 15.5 Å². The molecule has 0 spiro atoms. The molecule has 1 aromatic carbocycles. The summed E-state index contributed by atoms with van der Waals surface area (Å²) in [4.78, 5) is 26.4. The van der Waals surface area contributed by atoms with E-state index in [4.69, 9.17) is 17.0 Å². The van der Waals surface area contributed by atoms with Crippen LogP contribution in [0.2, 0.25) is 0 Å². The van der Waals surface area contributed by atoms with Crippen molar-refractivity contribution in [3.8, 4) is 0 Å². The maximum Gasteiger partial charge on any atom is 0.338 e. The van der Waals surface area contributed by atoms with E-state index >= 15 is 0 Å². The number of thiocarbonyl (C=S) groups is 1. The van der Waals surface area contributed by atoms with Gasteiger partial charge in [-0.2, -0.15) is 0 Å². The van der Waals surface area contributed by atoms with Crippen molar-refractivity contribution in [3.05, 3.63) is 41.1 Å². The Labute approximate surface area is 171 Å². The number of nitrogens with one attached hydrogen (secondary N) is 3. The number of hydrogen-bond donors (Lipinski definition) is 3. The molecule has 0 saturated carbocycles. The molecule has 0 saturated heterocycles. The minimum atomic E-state index is -0.451. The van der Waals surface area contributed by atoms with Crippen molar-refractivity contribution in [2.24, 2.45) is 0 Å². The molecule has 28 heavy (non-hydrogen) atoms. The molecule has 1 atom stereocenters. The summed E-state index contributed by atoms with van der Waals surface area (Å²) in [7, 11) is 1.80. The van der Waals surface area contributed by atoms with Crippen LogP contribution in [0.1, 0.15) is 45.2 Å². The number of allylic oxidation sites excluding steroid dienone is 1. The molecule has 2 rings (SSSR count). The van der Waals surface area contributed by atoms with Crippen LogP contribution in [-0.4, -0.2) is 42.2 Å². The van der Waals surface area contributed by atoms with Crippen LogP contribution in [0.3, 0.4) is 0 Å². The van der Waals surface area contributed by atoms with Crippen molar-refractivity contribution in [2.45, 2.75) is 39.7 Å². The zero-order valence-corrected chi connectivity index (χ0v) is 17.6. The van der Waals surface area contributed by atoms with Crippen LogP contribution >= 0.6 is 12.2 Å². The van der Waals surface area contributed by atoms with Crippen LogP contribution in [0.4, 0.5) is 10.5 Å². The van der Waals surface area contributed by atoms with Crippen molar-refractivity contribution >= 4 is 35.0 Å². The summed E-state index contributed by atoms with van der Waals surface area (Å²) in [5, 5.41) is 9.36. The van der Waals surface area contributed by atoms with Gasteiger partial charge in [0, 0.05) is 25.0 Å². The van der Waals surface area contributed by atoms with Crippen LogP contribution in [0.5, 0.6) is 0 Å². The van der Waals surface area contributed by atoms with E-state index in [9.17, 15) is 9.59 Å². The van der Waals surface area contributed by atoms with Gasteiger partial charge in [0.05, 0.1) is 18.2 Å². The predicted molar refractivity (Wildman–Crippen MR) is 114 cm³/mol. The molecule has 2 amide bonds. The number of unbranched alkanes of at least 4 members (excludes halogenated alkanes) is 1. The number of hydrogen-bond acceptors (Lipinski definition) is 4. The van der Waals surface area contributed by atoms with Gasteiger partial charge in [-0.05, 0) is 50.2 Å². The van der Waals surface area contributed by atoms with Gasteiger partial charge in [0.25, 0.3) is 0 Å². The molecular formula is C20H28N4O3S. The van der Waals surface area contributed by atoms with Crippen molar-refractivity contribution < 1.29 is 14.3 Å². The molecule has 0 fully saturated rings. The van der Waals surface area contributed by atoms with E-state index < -0.39 is 6.04 Å². The fourth-order valence-corrected chi connectivity index (χ4v) is 3.16. The van der Waals surface area contributed by atoms with E-state index in [0.29, 0.717) is 22.9 Å². The number of urea groups is 1. The quantitative estimate of drug-likeness (QED) is 0.367. The first-order valence-electron chi connectivity index (χ1n) is 9.45. The fourth-order valence-electron chi connectivity index (χ4n) is 2.91. The number of ether oxygens (including phenoxy) is 1. The average molecular weight is 405 g/mol. The molecule has 152 valence electrons. The van der Waals surface area contributed by atoms with E-state index in [0.717, 1.165) is 24.1 Å². The standard InChI is InChI=1S/C20H28N4O3S/c1-5-7-11-21-19(26)22-15-10-8-9-14(12-15)17-16(18(25)27-6-2)13(3)24(4)20(28)23-17/h8-10,12,17H,5-7,11H2,1-4H3,(H,23,28)(H2,21,22,26)/t17-/m1/s1. The molecule has 1 aromatic rings. The summed E-state index contributed by atoms with van der Waals surface area (Å²) in [6.45, 7) is 6.60. The molecule has 1 aliphatic rings. The van der Waals surface area contributed by atoms with Gasteiger partial charge >= 0.3 is 12.0 Å². The third-order valence-corrected chi connectivity index (χ3v) is 4.93. The maximum atomic E-state index is 12.6. The molecule has 0 unspecified atom stereocenters. The summed E-state index contributed by atoms with van der Waals surface area (Å²) in [6.07, 6.45) is 1.94. The van der Waals surface area contributed by atoms with Crippen LogP contribution in [0, 0.1) is 0 Å². The zero-order chi connectivity index (χ0) is 20.7.